The Kier molecular flexibility index (Phi) is 16.1. The van der Waals surface area contributed by atoms with Gasteiger partial charge in [-0.25, -0.2) is 0 Å². The highest BCUT2D eigenvalue weighted by atomic mass is 19.4. The lowest BCUT2D eigenvalue weighted by atomic mass is 9.96. The number of rotatable bonds is 7. The Morgan fingerprint density at radius 2 is 0.460 bits per heavy atom. The zero-order valence-electron chi connectivity index (χ0n) is 48.9. The predicted octanol–water partition coefficient (Wildman–Crippen LogP) is 25.3. The summed E-state index contributed by atoms with van der Waals surface area (Å²) in [7, 11) is 0. The normalized spacial score (nSPS) is 13.3. The Morgan fingerprint density at radius 1 is 0.220 bits per heavy atom. The van der Waals surface area contributed by atoms with Crippen molar-refractivity contribution < 1.29 is 119 Å². The number of hydrogen-bond donors (Lipinski definition) is 0. The molecule has 0 bridgehead atoms. The van der Waals surface area contributed by atoms with Crippen molar-refractivity contribution in [3.63, 3.8) is 0 Å². The lowest BCUT2D eigenvalue weighted by Crippen LogP contribution is -2.11. The third-order valence-electron chi connectivity index (χ3n) is 16.4. The highest BCUT2D eigenvalue weighted by Crippen LogP contribution is 2.49. The van der Waals surface area contributed by atoms with Crippen LogP contribution in [0.3, 0.4) is 0 Å². The largest absolute Gasteiger partial charge is 0.416 e. The molecule has 100 heavy (non-hydrogen) atoms. The highest BCUT2D eigenvalue weighted by molar-refractivity contribution is 6.13. The molecule has 0 N–H and O–H groups in total. The minimum absolute atomic E-state index is 0.101. The Hall–Kier alpha value is -10.6. The van der Waals surface area contributed by atoms with Gasteiger partial charge in [-0.15, -0.1) is 0 Å². The Morgan fingerprint density at radius 3 is 0.700 bits per heavy atom. The van der Waals surface area contributed by atoms with E-state index in [1.807, 2.05) is 6.07 Å². The van der Waals surface area contributed by atoms with E-state index in [0.717, 1.165) is 106 Å². The molecule has 0 aliphatic rings. The van der Waals surface area contributed by atoms with E-state index in [-0.39, 0.29) is 67.9 Å². The van der Waals surface area contributed by atoms with Crippen molar-refractivity contribution in [3.05, 3.63) is 238 Å². The molecule has 0 aliphatic heterocycles. The average molecular weight is 1430 g/mol. The first kappa shape index (κ1) is 69.3. The molecule has 0 amide bonds. The van der Waals surface area contributed by atoms with Crippen molar-refractivity contribution in [1.29, 1.82) is 5.26 Å². The van der Waals surface area contributed by atoms with Crippen molar-refractivity contribution in [2.45, 2.75) is 55.6 Å². The molecule has 0 unspecified atom stereocenters. The number of halogens is 27. The Bertz CT molecular complexity index is 4970. The van der Waals surface area contributed by atoms with Gasteiger partial charge in [0.25, 0.3) is 0 Å². The fourth-order valence-corrected chi connectivity index (χ4v) is 11.9. The molecule has 30 heteroatoms. The van der Waals surface area contributed by atoms with Crippen LogP contribution in [-0.4, -0.2) is 9.13 Å². The average Bonchev–Trinajstić information content (AvgIpc) is 1.55. The molecule has 12 rings (SSSR count). The summed E-state index contributed by atoms with van der Waals surface area (Å²) in [4.78, 5) is 0. The third-order valence-corrected chi connectivity index (χ3v) is 16.4. The quantitative estimate of drug-likeness (QED) is 0.146. The molecule has 0 fully saturated rings. The van der Waals surface area contributed by atoms with Gasteiger partial charge in [0.15, 0.2) is 0 Å². The van der Waals surface area contributed by atoms with Crippen molar-refractivity contribution in [2.24, 2.45) is 0 Å². The van der Waals surface area contributed by atoms with E-state index in [4.69, 9.17) is 0 Å². The minimum Gasteiger partial charge on any atom is -0.309 e. The second-order valence-electron chi connectivity index (χ2n) is 22.9. The standard InChI is InChI=1S/C70H30F27N3/c71-62(72,73)42-3-1-2-36(12-42)55-30-56(99-57-21-32(37-13-43(63(74,75)76)26-44(14-37)64(77,78)79)4-8-51(57)52-9-5-33(22-58(52)99)38-15-45(65(80,81)82)27-46(16-38)66(83,84)85)41(31-98)25-61(55)100-59-23-34(39-17-47(67(86,87)88)28-48(18-39)68(89,90)91)6-10-53(59)54-11-7-35(24-60(54)100)40-19-49(69(92,93)94)29-50(20-40)70(95,96)97/h1-30H. The second kappa shape index (κ2) is 23.3. The van der Waals surface area contributed by atoms with Crippen LogP contribution in [0, 0.1) is 11.3 Å². The van der Waals surface area contributed by atoms with E-state index in [2.05, 4.69) is 0 Å². The van der Waals surface area contributed by atoms with Gasteiger partial charge in [-0.1, -0.05) is 60.7 Å². The number of alkyl halides is 27. The van der Waals surface area contributed by atoms with Gasteiger partial charge in [0.05, 0.1) is 89.1 Å². The van der Waals surface area contributed by atoms with Crippen molar-refractivity contribution in [3.8, 4) is 73.1 Å². The van der Waals surface area contributed by atoms with Crippen LogP contribution in [0.4, 0.5) is 119 Å². The minimum atomic E-state index is -5.46. The lowest BCUT2D eigenvalue weighted by Gasteiger charge is -2.20. The molecular formula is C70H30F27N3. The summed E-state index contributed by atoms with van der Waals surface area (Å²) < 4.78 is 393. The molecule has 0 saturated carbocycles. The third kappa shape index (κ3) is 13.1. The summed E-state index contributed by atoms with van der Waals surface area (Å²) in [6.07, 6.45) is -48.9. The summed E-state index contributed by atoms with van der Waals surface area (Å²) in [5, 5.41) is 11.0. The number of aromatic nitrogens is 2. The predicted molar refractivity (Wildman–Crippen MR) is 312 cm³/mol. The van der Waals surface area contributed by atoms with Crippen LogP contribution in [0.5, 0.6) is 0 Å². The van der Waals surface area contributed by atoms with Crippen LogP contribution in [-0.2, 0) is 55.6 Å². The zero-order chi connectivity index (χ0) is 72.9. The van der Waals surface area contributed by atoms with Crippen molar-refractivity contribution >= 4 is 43.6 Å². The molecule has 0 saturated heterocycles. The summed E-state index contributed by atoms with van der Waals surface area (Å²) in [5.74, 6) is 0. The summed E-state index contributed by atoms with van der Waals surface area (Å²) in [6.45, 7) is 0. The molecule has 0 aliphatic carbocycles. The highest BCUT2D eigenvalue weighted by Gasteiger charge is 2.42. The first-order valence-electron chi connectivity index (χ1n) is 28.3. The van der Waals surface area contributed by atoms with Crippen molar-refractivity contribution in [2.75, 3.05) is 0 Å². The number of nitrogens with zero attached hydrogens (tertiary/aromatic N) is 3. The van der Waals surface area contributed by atoms with Crippen LogP contribution < -0.4 is 0 Å². The molecular weight excluding hydrogens is 1400 g/mol. The monoisotopic (exact) mass is 1430 g/mol. The fourth-order valence-electron chi connectivity index (χ4n) is 11.9. The van der Waals surface area contributed by atoms with Crippen molar-refractivity contribution in [1.82, 2.24) is 9.13 Å². The summed E-state index contributed by atoms with van der Waals surface area (Å²) in [5.41, 5.74) is -25.8. The van der Waals surface area contributed by atoms with Gasteiger partial charge in [0, 0.05) is 27.1 Å². The Balaban J connectivity index is 1.24. The second-order valence-corrected chi connectivity index (χ2v) is 22.9. The van der Waals surface area contributed by atoms with Gasteiger partial charge < -0.3 is 9.13 Å². The van der Waals surface area contributed by atoms with E-state index in [9.17, 15) is 124 Å². The van der Waals surface area contributed by atoms with E-state index in [1.54, 1.807) is 0 Å². The van der Waals surface area contributed by atoms with Crippen LogP contribution >= 0.6 is 0 Å². The van der Waals surface area contributed by atoms with Crippen LogP contribution in [0.25, 0.3) is 111 Å². The molecule has 3 nitrogen and oxygen atoms in total. The lowest BCUT2D eigenvalue weighted by molar-refractivity contribution is -0.144. The van der Waals surface area contributed by atoms with E-state index in [0.29, 0.717) is 60.7 Å². The van der Waals surface area contributed by atoms with Crippen LogP contribution in [0.2, 0.25) is 0 Å². The van der Waals surface area contributed by atoms with Gasteiger partial charge in [0.1, 0.15) is 6.07 Å². The van der Waals surface area contributed by atoms with Crippen LogP contribution in [0.1, 0.15) is 55.6 Å². The Labute approximate surface area is 541 Å². The molecule has 0 spiro atoms. The smallest absolute Gasteiger partial charge is 0.309 e. The zero-order valence-corrected chi connectivity index (χ0v) is 48.9. The van der Waals surface area contributed by atoms with E-state index >= 15 is 0 Å². The molecule has 514 valence electrons. The molecule has 2 aromatic heterocycles. The van der Waals surface area contributed by atoms with Gasteiger partial charge in [-0.05, 0) is 171 Å². The first-order valence-corrected chi connectivity index (χ1v) is 28.3. The maximum absolute atomic E-state index is 15.0. The van der Waals surface area contributed by atoms with E-state index in [1.165, 1.54) is 0 Å². The van der Waals surface area contributed by atoms with Gasteiger partial charge in [-0.3, -0.25) is 0 Å². The number of benzene rings is 10. The SMILES string of the molecule is N#Cc1cc(-n2c3cc(-c4cc(C(F)(F)F)cc(C(F)(F)F)c4)ccc3c3ccc(-c4cc(C(F)(F)F)cc(C(F)(F)F)c4)cc32)c(-c2cccc(C(F)(F)F)c2)cc1-n1c2cc(-c3cc(C(F)(F)F)cc(C(F)(F)F)c3)ccc2c2ccc(-c3cc(C(F)(F)F)cc(C(F)(F)F)c3)cc21. The molecule has 2 heterocycles. The molecule has 12 aromatic rings. The number of fused-ring (bicyclic) bond motifs is 6. The van der Waals surface area contributed by atoms with Crippen LogP contribution in [0.15, 0.2) is 182 Å². The van der Waals surface area contributed by atoms with E-state index < -0.39 is 178 Å². The number of nitriles is 1. The first-order chi connectivity index (χ1) is 46.1. The number of hydrogen-bond acceptors (Lipinski definition) is 1. The van der Waals surface area contributed by atoms with Gasteiger partial charge >= 0.3 is 55.6 Å². The topological polar surface area (TPSA) is 33.6 Å². The van der Waals surface area contributed by atoms with Gasteiger partial charge in [0.2, 0.25) is 0 Å². The van der Waals surface area contributed by atoms with Gasteiger partial charge in [-0.2, -0.15) is 124 Å². The summed E-state index contributed by atoms with van der Waals surface area (Å²) in [6, 6.07) is 20.3. The molecule has 0 radical (unpaired) electrons. The fraction of sp³-hybridized carbons (Fsp3) is 0.129. The summed E-state index contributed by atoms with van der Waals surface area (Å²) >= 11 is 0. The molecule has 10 aromatic carbocycles. The molecule has 0 atom stereocenters. The maximum atomic E-state index is 15.0. The maximum Gasteiger partial charge on any atom is 0.416 e.